The van der Waals surface area contributed by atoms with Crippen LogP contribution in [0.25, 0.3) is 0 Å². The van der Waals surface area contributed by atoms with E-state index in [1.54, 1.807) is 6.20 Å². The van der Waals surface area contributed by atoms with Crippen LogP contribution in [0.2, 0.25) is 0 Å². The minimum atomic E-state index is -0.408. The van der Waals surface area contributed by atoms with Crippen molar-refractivity contribution in [2.75, 3.05) is 0 Å². The second-order valence-electron chi connectivity index (χ2n) is 11.1. The highest BCUT2D eigenvalue weighted by molar-refractivity contribution is 5.15. The van der Waals surface area contributed by atoms with Gasteiger partial charge >= 0.3 is 0 Å². The van der Waals surface area contributed by atoms with Gasteiger partial charge in [-0.3, -0.25) is 0 Å². The van der Waals surface area contributed by atoms with E-state index in [1.165, 1.54) is 50.5 Å². The van der Waals surface area contributed by atoms with E-state index in [0.29, 0.717) is 11.3 Å². The van der Waals surface area contributed by atoms with Gasteiger partial charge in [-0.2, -0.15) is 0 Å². The van der Waals surface area contributed by atoms with Crippen LogP contribution in [0.5, 0.6) is 0 Å². The molecule has 0 aromatic carbocycles. The second-order valence-corrected chi connectivity index (χ2v) is 11.1. The zero-order valence-electron chi connectivity index (χ0n) is 17.7. The summed E-state index contributed by atoms with van der Waals surface area (Å²) >= 11 is 0. The lowest BCUT2D eigenvalue weighted by molar-refractivity contribution is -0.0979. The van der Waals surface area contributed by atoms with Crippen LogP contribution in [0.4, 0.5) is 0 Å². The summed E-state index contributed by atoms with van der Waals surface area (Å²) in [5.41, 5.74) is 1.37. The normalized spacial score (nSPS) is 47.8. The molecule has 5 rings (SSSR count). The molecule has 8 atom stereocenters. The highest BCUT2D eigenvalue weighted by atomic mass is 16.3. The third kappa shape index (κ3) is 2.98. The van der Waals surface area contributed by atoms with E-state index in [0.717, 1.165) is 49.0 Å². The number of hydrogen-bond acceptors (Lipinski definition) is 3. The van der Waals surface area contributed by atoms with Crippen molar-refractivity contribution in [1.82, 2.24) is 15.0 Å². The summed E-state index contributed by atoms with van der Waals surface area (Å²) in [7, 11) is 0. The van der Waals surface area contributed by atoms with Crippen LogP contribution in [0.15, 0.2) is 24.5 Å². The number of rotatable bonds is 3. The van der Waals surface area contributed by atoms with Crippen LogP contribution in [-0.4, -0.2) is 25.7 Å². The first-order chi connectivity index (χ1) is 13.4. The largest absolute Gasteiger partial charge is 0.390 e. The van der Waals surface area contributed by atoms with Crippen molar-refractivity contribution >= 4 is 0 Å². The Morgan fingerprint density at radius 1 is 1.07 bits per heavy atom. The number of aliphatic hydroxyl groups is 1. The molecule has 4 heteroatoms. The van der Waals surface area contributed by atoms with Crippen molar-refractivity contribution in [2.45, 2.75) is 83.8 Å². The van der Waals surface area contributed by atoms with Crippen LogP contribution >= 0.6 is 0 Å². The Morgan fingerprint density at radius 3 is 2.68 bits per heavy atom. The van der Waals surface area contributed by atoms with Gasteiger partial charge in [-0.05, 0) is 106 Å². The molecule has 4 fully saturated rings. The standard InChI is InChI=1S/C24H37N3O/c1-16(15-27-13-12-25-26-27)21-6-7-22-20-5-4-17-14-23(2,28)10-8-18(17)19(20)9-11-24(21,22)3/h12-13,17-22,28H,1,4-11,14-15H2,2-3H3/t17-,18-,19+,20+,21+,22-,23+,24+/m0/s1. The Balaban J connectivity index is 1.32. The predicted molar refractivity (Wildman–Crippen MR) is 110 cm³/mol. The molecule has 0 amide bonds. The van der Waals surface area contributed by atoms with Gasteiger partial charge in [0.05, 0.1) is 18.3 Å². The summed E-state index contributed by atoms with van der Waals surface area (Å²) in [5, 5.41) is 18.7. The molecule has 0 unspecified atom stereocenters. The Hall–Kier alpha value is -1.16. The zero-order chi connectivity index (χ0) is 19.5. The van der Waals surface area contributed by atoms with Gasteiger partial charge in [-0.25, -0.2) is 4.68 Å². The first-order valence-corrected chi connectivity index (χ1v) is 11.6. The molecule has 1 heterocycles. The Kier molecular flexibility index (Phi) is 4.50. The van der Waals surface area contributed by atoms with E-state index in [1.807, 2.05) is 10.9 Å². The third-order valence-corrected chi connectivity index (χ3v) is 9.57. The quantitative estimate of drug-likeness (QED) is 0.759. The molecule has 4 aliphatic carbocycles. The fourth-order valence-corrected chi connectivity index (χ4v) is 8.39. The number of allylic oxidation sites excluding steroid dienone is 1. The van der Waals surface area contributed by atoms with Gasteiger partial charge in [-0.15, -0.1) is 5.10 Å². The summed E-state index contributed by atoms with van der Waals surface area (Å²) < 4.78 is 1.93. The monoisotopic (exact) mass is 383 g/mol. The fourth-order valence-electron chi connectivity index (χ4n) is 8.39. The van der Waals surface area contributed by atoms with Crippen LogP contribution in [0.3, 0.4) is 0 Å². The molecule has 1 aromatic rings. The Bertz CT molecular complexity index is 726. The maximum Gasteiger partial charge on any atom is 0.0693 e. The Labute approximate surface area is 169 Å². The summed E-state index contributed by atoms with van der Waals surface area (Å²) in [6.07, 6.45) is 15.2. The maximum absolute atomic E-state index is 10.6. The van der Waals surface area contributed by atoms with Gasteiger partial charge in [0.1, 0.15) is 0 Å². The first kappa shape index (κ1) is 18.8. The van der Waals surface area contributed by atoms with Gasteiger partial charge in [0.25, 0.3) is 0 Å². The molecule has 4 aliphatic rings. The van der Waals surface area contributed by atoms with Gasteiger partial charge in [0.15, 0.2) is 0 Å². The van der Waals surface area contributed by atoms with E-state index in [9.17, 15) is 5.11 Å². The van der Waals surface area contributed by atoms with E-state index in [4.69, 9.17) is 0 Å². The van der Waals surface area contributed by atoms with Crippen LogP contribution in [0.1, 0.15) is 71.6 Å². The molecular formula is C24H37N3O. The van der Waals surface area contributed by atoms with Crippen molar-refractivity contribution in [1.29, 1.82) is 0 Å². The van der Waals surface area contributed by atoms with Crippen molar-refractivity contribution in [3.05, 3.63) is 24.5 Å². The number of nitrogens with zero attached hydrogens (tertiary/aromatic N) is 3. The molecule has 4 saturated carbocycles. The zero-order valence-corrected chi connectivity index (χ0v) is 17.7. The molecule has 154 valence electrons. The second kappa shape index (κ2) is 6.68. The third-order valence-electron chi connectivity index (χ3n) is 9.57. The lowest BCUT2D eigenvalue weighted by atomic mass is 9.49. The minimum absolute atomic E-state index is 0.408. The predicted octanol–water partition coefficient (Wildman–Crippen LogP) is 4.85. The fraction of sp³-hybridized carbons (Fsp3) is 0.833. The summed E-state index contributed by atoms with van der Waals surface area (Å²) in [6.45, 7) is 9.98. The van der Waals surface area contributed by atoms with Gasteiger partial charge in [0.2, 0.25) is 0 Å². The number of aromatic nitrogens is 3. The summed E-state index contributed by atoms with van der Waals surface area (Å²) in [4.78, 5) is 0. The smallest absolute Gasteiger partial charge is 0.0693 e. The Morgan fingerprint density at radius 2 is 1.89 bits per heavy atom. The molecule has 0 spiro atoms. The molecule has 28 heavy (non-hydrogen) atoms. The highest BCUT2D eigenvalue weighted by Crippen LogP contribution is 2.65. The average Bonchev–Trinajstić information content (AvgIpc) is 3.27. The lowest BCUT2D eigenvalue weighted by Gasteiger charge is -2.57. The van der Waals surface area contributed by atoms with Crippen LogP contribution < -0.4 is 0 Å². The molecule has 1 N–H and O–H groups in total. The highest BCUT2D eigenvalue weighted by Gasteiger charge is 2.57. The van der Waals surface area contributed by atoms with Crippen LogP contribution in [0, 0.1) is 40.9 Å². The van der Waals surface area contributed by atoms with E-state index in [2.05, 4.69) is 30.7 Å². The van der Waals surface area contributed by atoms with E-state index < -0.39 is 5.60 Å². The first-order valence-electron chi connectivity index (χ1n) is 11.6. The summed E-state index contributed by atoms with van der Waals surface area (Å²) in [6, 6.07) is 0. The number of fused-ring (bicyclic) bond motifs is 5. The SMILES string of the molecule is C=C(Cn1ccnn1)[C@H]1CC[C@H]2[C@@H]3CC[C@H]4C[C@](C)(O)CC[C@@H]4[C@H]3CC[C@]12C. The van der Waals surface area contributed by atoms with Crippen LogP contribution in [-0.2, 0) is 6.54 Å². The molecule has 4 nitrogen and oxygen atoms in total. The maximum atomic E-state index is 10.6. The topological polar surface area (TPSA) is 50.9 Å². The molecule has 0 bridgehead atoms. The lowest BCUT2D eigenvalue weighted by Crippen LogP contribution is -2.50. The van der Waals surface area contributed by atoms with Crippen molar-refractivity contribution < 1.29 is 5.11 Å². The van der Waals surface area contributed by atoms with Crippen molar-refractivity contribution in [3.8, 4) is 0 Å². The molecule has 0 aliphatic heterocycles. The number of hydrogen-bond donors (Lipinski definition) is 1. The molecule has 0 radical (unpaired) electrons. The van der Waals surface area contributed by atoms with Crippen molar-refractivity contribution in [3.63, 3.8) is 0 Å². The van der Waals surface area contributed by atoms with E-state index >= 15 is 0 Å². The average molecular weight is 384 g/mol. The molecule has 1 aromatic heterocycles. The molecule has 0 saturated heterocycles. The van der Waals surface area contributed by atoms with Crippen molar-refractivity contribution in [2.24, 2.45) is 40.9 Å². The molecular weight excluding hydrogens is 346 g/mol. The van der Waals surface area contributed by atoms with E-state index in [-0.39, 0.29) is 0 Å². The van der Waals surface area contributed by atoms with Gasteiger partial charge < -0.3 is 5.11 Å². The minimum Gasteiger partial charge on any atom is -0.390 e. The summed E-state index contributed by atoms with van der Waals surface area (Å²) in [5.74, 6) is 4.97. The van der Waals surface area contributed by atoms with Gasteiger partial charge in [0, 0.05) is 6.20 Å². The van der Waals surface area contributed by atoms with Gasteiger partial charge in [-0.1, -0.05) is 24.3 Å².